The summed E-state index contributed by atoms with van der Waals surface area (Å²) in [5, 5.41) is 11.9. The number of nitrogens with zero attached hydrogens (tertiary/aromatic N) is 5. The predicted molar refractivity (Wildman–Crippen MR) is 480 cm³/mol. The van der Waals surface area contributed by atoms with Gasteiger partial charge in [-0.3, -0.25) is 29.3 Å². The van der Waals surface area contributed by atoms with Crippen LogP contribution in [-0.4, -0.2) is 83.1 Å². The molecule has 684 valence electrons. The summed E-state index contributed by atoms with van der Waals surface area (Å²) in [6, 6.07) is 22.7. The molecule has 0 unspecified atom stereocenters. The molecule has 0 atom stereocenters. The van der Waals surface area contributed by atoms with Crippen LogP contribution in [0.5, 0.6) is 0 Å². The molecule has 13 aliphatic rings. The van der Waals surface area contributed by atoms with Gasteiger partial charge in [-0.2, -0.15) is 0 Å². The van der Waals surface area contributed by atoms with Crippen molar-refractivity contribution >= 4 is 87.0 Å². The monoisotopic (exact) mass is 1790 g/mol. The minimum absolute atomic E-state index is 0.0263. The second kappa shape index (κ2) is 37.9. The Morgan fingerprint density at radius 1 is 0.411 bits per heavy atom. The summed E-state index contributed by atoms with van der Waals surface area (Å²) >= 11 is 6.22. The molecule has 2 saturated heterocycles. The number of fused-ring (bicyclic) bond motifs is 4. The van der Waals surface area contributed by atoms with Crippen molar-refractivity contribution in [2.75, 3.05) is 39.2 Å². The number of hydrogen-bond donors (Lipinski definition) is 0. The first-order valence-electron chi connectivity index (χ1n) is 45.7. The molecule has 0 N–H and O–H groups in total. The maximum atomic E-state index is 14.7. The van der Waals surface area contributed by atoms with Gasteiger partial charge in [-0.15, -0.1) is 0 Å². The topological polar surface area (TPSA) is 230 Å². The lowest BCUT2D eigenvalue weighted by Gasteiger charge is -2.59. The van der Waals surface area contributed by atoms with E-state index in [0.717, 1.165) is 140 Å². The summed E-state index contributed by atoms with van der Waals surface area (Å²) in [5.74, 6) is -14.8. The normalized spacial score (nSPS) is 24.5. The van der Waals surface area contributed by atoms with Crippen LogP contribution in [-0.2, 0) is 85.5 Å². The van der Waals surface area contributed by atoms with E-state index < -0.39 is 87.5 Å². The van der Waals surface area contributed by atoms with E-state index in [9.17, 15) is 74.8 Å². The minimum Gasteiger partial charge on any atom is -0.419 e. The quantitative estimate of drug-likeness (QED) is 0.00913. The molecule has 5 aromatic rings. The number of anilines is 4. The third kappa shape index (κ3) is 18.3. The Balaban J connectivity index is 0.000000142. The number of nitro benzene ring substituents is 1. The highest BCUT2D eigenvalue weighted by molar-refractivity contribution is 6.31. The molecule has 0 radical (unpaired) electrons. The molecular formula is C103H114ClF6N5O14. The predicted octanol–water partition coefficient (Wildman–Crippen LogP) is 22.8. The molecule has 0 amide bonds. The van der Waals surface area contributed by atoms with Crippen molar-refractivity contribution in [2.45, 2.75) is 270 Å². The van der Waals surface area contributed by atoms with Gasteiger partial charge in [-0.25, -0.2) is 45.5 Å². The molecule has 18 rings (SSSR count). The van der Waals surface area contributed by atoms with Crippen molar-refractivity contribution in [1.29, 1.82) is 0 Å². The largest absolute Gasteiger partial charge is 0.419 e. The maximum Gasteiger partial charge on any atom is 0.348 e. The van der Waals surface area contributed by atoms with Gasteiger partial charge in [0.15, 0.2) is 46.4 Å². The van der Waals surface area contributed by atoms with E-state index in [1.807, 2.05) is 57.2 Å². The van der Waals surface area contributed by atoms with E-state index in [1.165, 1.54) is 72.9 Å². The number of allylic oxidation sites excluding steroid dienone is 14. The Bertz CT molecular complexity index is 5510. The van der Waals surface area contributed by atoms with Crippen molar-refractivity contribution in [3.8, 4) is 0 Å². The Morgan fingerprint density at radius 2 is 0.822 bits per heavy atom. The van der Waals surface area contributed by atoms with Gasteiger partial charge in [0, 0.05) is 154 Å². The standard InChI is InChI=1S/C32H28F5NO4.C29H38FNO4.C21H24ClNO2.C21H24N2O4/c1-31(2)21-5-3-4-6-22(21)38(14-20-24(33)26(35)28(37)27(36)25(20)34)23(31)8-7-19-29(39)41-32(42-30(19)40)17-10-15-9-16(12-17)13-18(32)11-15;1-4-5-6-7-8-12-19-31-24-20-21(30)13-15-23(24)28(2,3)25(31)16-14-22-26(32)34-29(35-27(22)33)17-10-9-11-18-29;1-4-12-23-17-10-8-14(22)13-16(17)21(2,3)20(23)11-9-15-18(24)6-5-7-19(15)25;1-4-12-22-17-13-14(23(26)27)8-10-16(17)21(2,3)20(22)11-9-15-18(24)6-5-7-19(15)25/h3-8,15-18H,9-14H2,1-2H3;13-16,20H,4-12,17-19H2,1-3H3;8-11,13H,4-7,12H2,1-3H3;8-11,13H,4-7,12H2,1-3H3/b19-7?,23-8+;25-16+;2*20-11+. The van der Waals surface area contributed by atoms with Crippen LogP contribution in [0.4, 0.5) is 54.8 Å². The van der Waals surface area contributed by atoms with Crippen molar-refractivity contribution < 1.29 is 88.6 Å². The van der Waals surface area contributed by atoms with Crippen LogP contribution in [0.3, 0.4) is 0 Å². The number of non-ortho nitro benzene ring substituents is 1. The zero-order valence-corrected chi connectivity index (χ0v) is 76.1. The minimum atomic E-state index is -2.23. The highest BCUT2D eigenvalue weighted by Gasteiger charge is 2.65. The average Bonchev–Trinajstić information content (AvgIpc) is 1.69. The number of Topliss-reactive ketones (excluding diaryl/α,β-unsaturated/α-hetero) is 4. The smallest absolute Gasteiger partial charge is 0.348 e. The molecular weight excluding hydrogens is 1680 g/mol. The number of para-hydroxylation sites is 1. The van der Waals surface area contributed by atoms with E-state index in [0.29, 0.717) is 86.7 Å². The molecule has 9 fully saturated rings. The van der Waals surface area contributed by atoms with E-state index in [1.54, 1.807) is 54.6 Å². The summed E-state index contributed by atoms with van der Waals surface area (Å²) in [6.45, 7) is 24.3. The lowest BCUT2D eigenvalue weighted by atomic mass is 9.53. The van der Waals surface area contributed by atoms with Crippen LogP contribution in [0.15, 0.2) is 173 Å². The molecule has 26 heteroatoms. The first kappa shape index (κ1) is 94.2. The number of rotatable bonds is 18. The summed E-state index contributed by atoms with van der Waals surface area (Å²) in [7, 11) is 0. The van der Waals surface area contributed by atoms with E-state index >= 15 is 0 Å². The van der Waals surface area contributed by atoms with Crippen LogP contribution in [0.25, 0.3) is 0 Å². The van der Waals surface area contributed by atoms with Gasteiger partial charge in [-0.1, -0.05) is 151 Å². The summed E-state index contributed by atoms with van der Waals surface area (Å²) in [4.78, 5) is 119. The van der Waals surface area contributed by atoms with Gasteiger partial charge in [0.2, 0.25) is 5.82 Å². The SMILES string of the molecule is CC1(C)/C(=C\C=C2C(=O)OC3(OC2=O)C2CC4CC(C2)CC3C4)N(Cc2c(F)c(F)c(F)c(F)c2F)c2ccccc21.CCCCCCCCN1/C(=C/C=C2C(=O)OC3(CCCCC3)OC2=O)C(C)(C)c2ccc(F)cc21.CCCN1/C(=C/C=C2C(=O)CCCC2=O)C(C)(C)c2cc(Cl)ccc21.CCCN1/C(=C/C=C2C(=O)CCCC2=O)C(C)(C)c2ccc([N+](=O)[O-])cc21. The van der Waals surface area contributed by atoms with Gasteiger partial charge in [-0.05, 0) is 202 Å². The number of nitro groups is 1. The molecule has 7 saturated carbocycles. The van der Waals surface area contributed by atoms with Gasteiger partial charge in [0.1, 0.15) is 17.0 Å². The van der Waals surface area contributed by atoms with Crippen LogP contribution >= 0.6 is 11.6 Å². The van der Waals surface area contributed by atoms with Crippen LogP contribution in [0.2, 0.25) is 5.02 Å². The van der Waals surface area contributed by atoms with Crippen molar-refractivity contribution in [3.63, 3.8) is 0 Å². The molecule has 19 nitrogen and oxygen atoms in total. The zero-order valence-electron chi connectivity index (χ0n) is 75.3. The fraction of sp³-hybridized carbons (Fsp3) is 0.476. The van der Waals surface area contributed by atoms with E-state index in [-0.39, 0.29) is 78.9 Å². The van der Waals surface area contributed by atoms with Crippen molar-refractivity contribution in [3.05, 3.63) is 250 Å². The molecule has 4 bridgehead atoms. The second-order valence-electron chi connectivity index (χ2n) is 38.1. The summed E-state index contributed by atoms with van der Waals surface area (Å²) in [6.07, 6.45) is 33.6. The number of hydrogen-bond acceptors (Lipinski definition) is 18. The molecule has 129 heavy (non-hydrogen) atoms. The van der Waals surface area contributed by atoms with Gasteiger partial charge >= 0.3 is 23.9 Å². The Morgan fingerprint density at radius 3 is 1.32 bits per heavy atom. The fourth-order valence-corrected chi connectivity index (χ4v) is 21.7. The molecule has 6 aliphatic heterocycles. The highest BCUT2D eigenvalue weighted by atomic mass is 35.5. The Kier molecular flexibility index (Phi) is 27.6. The van der Waals surface area contributed by atoms with Crippen LogP contribution in [0, 0.1) is 68.7 Å². The third-order valence-corrected chi connectivity index (χ3v) is 28.4. The molecule has 0 aromatic heterocycles. The lowest BCUT2D eigenvalue weighted by molar-refractivity contribution is -0.384. The number of ketones is 4. The zero-order chi connectivity index (χ0) is 92.7. The van der Waals surface area contributed by atoms with Gasteiger partial charge < -0.3 is 38.5 Å². The van der Waals surface area contributed by atoms with Crippen LogP contribution in [0.1, 0.15) is 258 Å². The first-order chi connectivity index (χ1) is 61.3. The van der Waals surface area contributed by atoms with E-state index in [2.05, 4.69) is 76.2 Å². The summed E-state index contributed by atoms with van der Waals surface area (Å²) in [5.41, 5.74) is 8.00. The number of ether oxygens (including phenoxy) is 4. The van der Waals surface area contributed by atoms with Crippen molar-refractivity contribution in [2.24, 2.45) is 23.7 Å². The fourth-order valence-electron chi connectivity index (χ4n) is 21.6. The number of unbranched alkanes of at least 4 members (excludes halogenated alkanes) is 5. The molecule has 7 aliphatic carbocycles. The maximum absolute atomic E-state index is 14.7. The van der Waals surface area contributed by atoms with E-state index in [4.69, 9.17) is 30.5 Å². The Hall–Kier alpha value is -11.0. The number of halogens is 7. The average molecular weight is 1800 g/mol. The van der Waals surface area contributed by atoms with Gasteiger partial charge in [0.05, 0.1) is 28.3 Å². The number of benzene rings is 5. The number of carbonyl (C=O) groups is 8. The third-order valence-electron chi connectivity index (χ3n) is 28.1. The first-order valence-corrected chi connectivity index (χ1v) is 46.0. The number of carbonyl (C=O) groups excluding carboxylic acids is 8. The molecule has 5 aromatic carbocycles. The summed E-state index contributed by atoms with van der Waals surface area (Å²) < 4.78 is 109. The second-order valence-corrected chi connectivity index (χ2v) is 38.6. The Labute approximate surface area is 754 Å². The highest BCUT2D eigenvalue weighted by Crippen LogP contribution is 2.62. The lowest BCUT2D eigenvalue weighted by Crippen LogP contribution is -2.63. The van der Waals surface area contributed by atoms with Gasteiger partial charge in [0.25, 0.3) is 17.3 Å². The van der Waals surface area contributed by atoms with Crippen molar-refractivity contribution in [1.82, 2.24) is 0 Å². The van der Waals surface area contributed by atoms with Crippen LogP contribution < -0.4 is 19.6 Å². The molecule has 2 spiro atoms. The number of esters is 4. The molecule has 6 heterocycles.